The van der Waals surface area contributed by atoms with Crippen LogP contribution in [-0.2, 0) is 9.59 Å². The van der Waals surface area contributed by atoms with E-state index < -0.39 is 11.4 Å². The Balaban J connectivity index is 0.00000182. The van der Waals surface area contributed by atoms with E-state index in [4.69, 9.17) is 0 Å². The van der Waals surface area contributed by atoms with Crippen molar-refractivity contribution in [2.45, 2.75) is 38.6 Å². The molecule has 1 aliphatic carbocycles. The molecule has 0 spiro atoms. The maximum atomic E-state index is 12.9. The summed E-state index contributed by atoms with van der Waals surface area (Å²) >= 11 is 0. The fourth-order valence-electron chi connectivity index (χ4n) is 4.90. The molecule has 1 saturated carbocycles. The minimum Gasteiger partial charge on any atom is -0.481 e. The zero-order chi connectivity index (χ0) is 16.9. The second kappa shape index (κ2) is 6.61. The molecule has 25 heavy (non-hydrogen) atoms. The zero-order valence-corrected chi connectivity index (χ0v) is 15.3. The van der Waals surface area contributed by atoms with Crippen LogP contribution in [0.4, 0.5) is 5.69 Å². The van der Waals surface area contributed by atoms with Crippen LogP contribution in [0.25, 0.3) is 0 Å². The van der Waals surface area contributed by atoms with Crippen LogP contribution in [0.15, 0.2) is 24.3 Å². The number of nitrogens with zero attached hydrogens (tertiary/aromatic N) is 2. The number of likely N-dealkylation sites (tertiary alicyclic amines) is 1. The second-order valence-electron chi connectivity index (χ2n) is 7.61. The Hall–Kier alpha value is -1.59. The second-order valence-corrected chi connectivity index (χ2v) is 7.61. The molecule has 1 N–H and O–H groups in total. The van der Waals surface area contributed by atoms with Crippen molar-refractivity contribution >= 4 is 30.0 Å². The van der Waals surface area contributed by atoms with Gasteiger partial charge in [-0.25, -0.2) is 0 Å². The van der Waals surface area contributed by atoms with Crippen LogP contribution in [0.3, 0.4) is 0 Å². The summed E-state index contributed by atoms with van der Waals surface area (Å²) in [6.45, 7) is 4.04. The van der Waals surface area contributed by atoms with Crippen molar-refractivity contribution in [1.82, 2.24) is 4.90 Å². The molecule has 4 rings (SSSR count). The van der Waals surface area contributed by atoms with E-state index in [1.807, 2.05) is 36.1 Å². The predicted octanol–water partition coefficient (Wildman–Crippen LogP) is 2.71. The summed E-state index contributed by atoms with van der Waals surface area (Å²) in [5.41, 5.74) is 1.51. The molecule has 5 nitrogen and oxygen atoms in total. The lowest BCUT2D eigenvalue weighted by molar-refractivity contribution is -0.149. The standard InChI is InChI=1S/C19H24N2O3.ClH/c1-13-4-6-15(7-5-13)21-10-8-16(17(21)22)20-11-14-3-2-9-19(14,12-20)18(23)24;/h4-7,14,16H,2-3,8-12H2,1H3,(H,23,24);1H/t14-,16?,19+;/m0./s1. The van der Waals surface area contributed by atoms with Gasteiger partial charge in [-0.15, -0.1) is 12.4 Å². The number of benzene rings is 1. The van der Waals surface area contributed by atoms with Gasteiger partial charge in [0.15, 0.2) is 0 Å². The first-order valence-electron chi connectivity index (χ1n) is 8.87. The van der Waals surface area contributed by atoms with Crippen molar-refractivity contribution in [2.24, 2.45) is 11.3 Å². The number of hydrogen-bond acceptors (Lipinski definition) is 3. The molecule has 0 aromatic heterocycles. The number of carbonyl (C=O) groups is 2. The average Bonchev–Trinajstić information content (AvgIpc) is 3.20. The molecule has 1 unspecified atom stereocenters. The molecular weight excluding hydrogens is 340 g/mol. The number of aryl methyl sites for hydroxylation is 1. The summed E-state index contributed by atoms with van der Waals surface area (Å²) in [6, 6.07) is 7.87. The summed E-state index contributed by atoms with van der Waals surface area (Å²) < 4.78 is 0. The Morgan fingerprint density at radius 1 is 1.24 bits per heavy atom. The molecule has 2 heterocycles. The van der Waals surface area contributed by atoms with E-state index in [1.165, 1.54) is 5.56 Å². The van der Waals surface area contributed by atoms with Crippen molar-refractivity contribution < 1.29 is 14.7 Å². The van der Waals surface area contributed by atoms with E-state index in [-0.39, 0.29) is 30.3 Å². The Morgan fingerprint density at radius 3 is 2.60 bits per heavy atom. The van der Waals surface area contributed by atoms with Gasteiger partial charge in [-0.2, -0.15) is 0 Å². The predicted molar refractivity (Wildman–Crippen MR) is 98.2 cm³/mol. The molecule has 1 aromatic carbocycles. The van der Waals surface area contributed by atoms with E-state index in [0.717, 1.165) is 37.9 Å². The van der Waals surface area contributed by atoms with Gasteiger partial charge in [0.05, 0.1) is 11.5 Å². The summed E-state index contributed by atoms with van der Waals surface area (Å²) in [5, 5.41) is 9.73. The van der Waals surface area contributed by atoms with Gasteiger partial charge in [0, 0.05) is 25.3 Å². The molecule has 0 radical (unpaired) electrons. The van der Waals surface area contributed by atoms with Crippen LogP contribution in [-0.4, -0.2) is 47.6 Å². The lowest BCUT2D eigenvalue weighted by atomic mass is 9.81. The SMILES string of the molecule is Cc1ccc(N2CCC(N3C[C@@H]4CCC[C@@]4(C(=O)O)C3)C2=O)cc1.Cl. The van der Waals surface area contributed by atoms with Crippen molar-refractivity contribution in [1.29, 1.82) is 0 Å². The third-order valence-electron chi connectivity index (χ3n) is 6.29. The quantitative estimate of drug-likeness (QED) is 0.895. The molecule has 3 aliphatic rings. The molecule has 6 heteroatoms. The topological polar surface area (TPSA) is 60.9 Å². The molecule has 3 fully saturated rings. The Kier molecular flexibility index (Phi) is 4.82. The lowest BCUT2D eigenvalue weighted by Gasteiger charge is -2.26. The number of carboxylic acid groups (broad SMARTS) is 1. The molecule has 1 aromatic rings. The number of aliphatic carboxylic acids is 1. The van der Waals surface area contributed by atoms with Gasteiger partial charge < -0.3 is 10.0 Å². The zero-order valence-electron chi connectivity index (χ0n) is 14.5. The van der Waals surface area contributed by atoms with E-state index in [9.17, 15) is 14.7 Å². The molecule has 0 bridgehead atoms. The summed E-state index contributed by atoms with van der Waals surface area (Å²) in [5.74, 6) is -0.344. The Labute approximate surface area is 154 Å². The molecule has 3 atom stereocenters. The number of carboxylic acids is 1. The molecule has 2 saturated heterocycles. The first kappa shape index (κ1) is 18.2. The third-order valence-corrected chi connectivity index (χ3v) is 6.29. The fourth-order valence-corrected chi connectivity index (χ4v) is 4.90. The molecule has 136 valence electrons. The minimum absolute atomic E-state index is 0. The van der Waals surface area contributed by atoms with E-state index in [2.05, 4.69) is 4.90 Å². The molecule has 2 aliphatic heterocycles. The summed E-state index contributed by atoms with van der Waals surface area (Å²) in [7, 11) is 0. The van der Waals surface area contributed by atoms with E-state index >= 15 is 0 Å². The van der Waals surface area contributed by atoms with Crippen molar-refractivity contribution in [3.8, 4) is 0 Å². The van der Waals surface area contributed by atoms with Gasteiger partial charge in [0.1, 0.15) is 0 Å². The van der Waals surface area contributed by atoms with Gasteiger partial charge >= 0.3 is 5.97 Å². The van der Waals surface area contributed by atoms with Crippen LogP contribution >= 0.6 is 12.4 Å². The molecule has 1 amide bonds. The van der Waals surface area contributed by atoms with Crippen molar-refractivity contribution in [2.75, 3.05) is 24.5 Å². The highest BCUT2D eigenvalue weighted by Crippen LogP contribution is 2.50. The number of hydrogen-bond donors (Lipinski definition) is 1. The fraction of sp³-hybridized carbons (Fsp3) is 0.579. The van der Waals surface area contributed by atoms with Crippen molar-refractivity contribution in [3.05, 3.63) is 29.8 Å². The van der Waals surface area contributed by atoms with Crippen LogP contribution in [0, 0.1) is 18.3 Å². The van der Waals surface area contributed by atoms with Gasteiger partial charge in [0.25, 0.3) is 0 Å². The first-order chi connectivity index (χ1) is 11.5. The highest BCUT2D eigenvalue weighted by molar-refractivity contribution is 5.99. The minimum atomic E-state index is -0.673. The third kappa shape index (κ3) is 2.83. The maximum Gasteiger partial charge on any atom is 0.311 e. The monoisotopic (exact) mass is 364 g/mol. The lowest BCUT2D eigenvalue weighted by Crippen LogP contribution is -2.43. The highest BCUT2D eigenvalue weighted by atomic mass is 35.5. The van der Waals surface area contributed by atoms with E-state index in [1.54, 1.807) is 0 Å². The van der Waals surface area contributed by atoms with Crippen molar-refractivity contribution in [3.63, 3.8) is 0 Å². The number of anilines is 1. The summed E-state index contributed by atoms with van der Waals surface area (Å²) in [4.78, 5) is 28.8. The van der Waals surface area contributed by atoms with Gasteiger partial charge in [-0.1, -0.05) is 24.1 Å². The smallest absolute Gasteiger partial charge is 0.311 e. The maximum absolute atomic E-state index is 12.9. The molecular formula is C19H25ClN2O3. The number of fused-ring (bicyclic) bond motifs is 1. The number of amides is 1. The van der Waals surface area contributed by atoms with Crippen LogP contribution in [0.2, 0.25) is 0 Å². The Morgan fingerprint density at radius 2 is 1.96 bits per heavy atom. The van der Waals surface area contributed by atoms with Crippen LogP contribution in [0.5, 0.6) is 0 Å². The van der Waals surface area contributed by atoms with Gasteiger partial charge in [0.2, 0.25) is 5.91 Å². The van der Waals surface area contributed by atoms with Gasteiger partial charge in [-0.3, -0.25) is 14.5 Å². The van der Waals surface area contributed by atoms with Crippen LogP contribution < -0.4 is 4.90 Å². The summed E-state index contributed by atoms with van der Waals surface area (Å²) in [6.07, 6.45) is 3.52. The van der Waals surface area contributed by atoms with E-state index in [0.29, 0.717) is 13.1 Å². The van der Waals surface area contributed by atoms with Crippen LogP contribution in [0.1, 0.15) is 31.2 Å². The highest BCUT2D eigenvalue weighted by Gasteiger charge is 2.57. The normalized spacial score (nSPS) is 31.9. The largest absolute Gasteiger partial charge is 0.481 e. The average molecular weight is 365 g/mol. The van der Waals surface area contributed by atoms with Gasteiger partial charge in [-0.05, 0) is 44.2 Å². The number of halogens is 1. The first-order valence-corrected chi connectivity index (χ1v) is 8.87. The number of rotatable bonds is 3. The number of carbonyl (C=O) groups excluding carboxylic acids is 1. The Bertz CT molecular complexity index is 678.